The van der Waals surface area contributed by atoms with Gasteiger partial charge in [-0.2, -0.15) is 0 Å². The number of hydrogen-bond donors (Lipinski definition) is 2. The third-order valence-corrected chi connectivity index (χ3v) is 2.37. The van der Waals surface area contributed by atoms with E-state index < -0.39 is 16.9 Å². The zero-order valence-corrected chi connectivity index (χ0v) is 9.76. The Hall–Kier alpha value is -1.70. The van der Waals surface area contributed by atoms with Crippen molar-refractivity contribution < 1.29 is 14.8 Å². The maximum Gasteiger partial charge on any atom is 0.325 e. The van der Waals surface area contributed by atoms with Crippen molar-refractivity contribution in [3.05, 3.63) is 26.9 Å². The van der Waals surface area contributed by atoms with E-state index in [1.165, 1.54) is 13.0 Å². The van der Waals surface area contributed by atoms with Crippen LogP contribution in [-0.4, -0.2) is 27.0 Å². The molecule has 7 nitrogen and oxygen atoms in total. The molecule has 0 aliphatic carbocycles. The molecule has 0 aliphatic rings. The number of nitrogens with zero attached hydrogens (tertiary/aromatic N) is 2. The Morgan fingerprint density at radius 2 is 2.38 bits per heavy atom. The van der Waals surface area contributed by atoms with Crippen LogP contribution >= 0.6 is 15.9 Å². The van der Waals surface area contributed by atoms with Crippen LogP contribution in [0.3, 0.4) is 0 Å². The minimum absolute atomic E-state index is 0.166. The molecule has 2 N–H and O–H groups in total. The highest BCUT2D eigenvalue weighted by atomic mass is 79.9. The van der Waals surface area contributed by atoms with Gasteiger partial charge >= 0.3 is 5.97 Å². The highest BCUT2D eigenvalue weighted by molar-refractivity contribution is 9.10. The van der Waals surface area contributed by atoms with Gasteiger partial charge in [-0.05, 0) is 22.9 Å². The topological polar surface area (TPSA) is 105 Å². The lowest BCUT2D eigenvalue weighted by atomic mass is 10.3. The zero-order valence-electron chi connectivity index (χ0n) is 8.18. The van der Waals surface area contributed by atoms with Crippen LogP contribution in [0.4, 0.5) is 11.5 Å². The highest BCUT2D eigenvalue weighted by Gasteiger charge is 2.15. The van der Waals surface area contributed by atoms with Crippen LogP contribution in [0.25, 0.3) is 0 Å². The number of carboxylic acids is 1. The smallest absolute Gasteiger partial charge is 0.325 e. The average molecular weight is 290 g/mol. The van der Waals surface area contributed by atoms with Crippen LogP contribution in [0.1, 0.15) is 6.92 Å². The van der Waals surface area contributed by atoms with Crippen molar-refractivity contribution in [1.29, 1.82) is 0 Å². The van der Waals surface area contributed by atoms with E-state index in [0.717, 1.165) is 6.20 Å². The Morgan fingerprint density at radius 3 is 2.81 bits per heavy atom. The van der Waals surface area contributed by atoms with Gasteiger partial charge in [0.1, 0.15) is 18.1 Å². The van der Waals surface area contributed by atoms with E-state index in [1.807, 2.05) is 0 Å². The van der Waals surface area contributed by atoms with E-state index in [-0.39, 0.29) is 11.5 Å². The van der Waals surface area contributed by atoms with Crippen molar-refractivity contribution in [2.24, 2.45) is 0 Å². The molecule has 8 heteroatoms. The number of aromatic nitrogens is 1. The summed E-state index contributed by atoms with van der Waals surface area (Å²) in [6, 6.07) is 0.425. The molecule has 0 bridgehead atoms. The van der Waals surface area contributed by atoms with Gasteiger partial charge in [0.25, 0.3) is 5.69 Å². The summed E-state index contributed by atoms with van der Waals surface area (Å²) in [5.41, 5.74) is -0.166. The summed E-state index contributed by atoms with van der Waals surface area (Å²) in [5, 5.41) is 21.7. The van der Waals surface area contributed by atoms with Crippen molar-refractivity contribution in [3.63, 3.8) is 0 Å². The monoisotopic (exact) mass is 289 g/mol. The van der Waals surface area contributed by atoms with Crippen LogP contribution in [0.15, 0.2) is 16.7 Å². The van der Waals surface area contributed by atoms with Gasteiger partial charge < -0.3 is 10.4 Å². The standard InChI is InChI=1S/C8H8BrN3O4/c1-4(8(13)14)11-7-6(9)2-5(3-10-7)12(15)16/h2-4H,1H3,(H,10,11)(H,13,14)/t4-/m0/s1. The number of pyridine rings is 1. The second-order valence-electron chi connectivity index (χ2n) is 2.99. The molecular weight excluding hydrogens is 282 g/mol. The van der Waals surface area contributed by atoms with E-state index in [4.69, 9.17) is 5.11 Å². The lowest BCUT2D eigenvalue weighted by Gasteiger charge is -2.10. The van der Waals surface area contributed by atoms with Crippen LogP contribution in [0, 0.1) is 10.1 Å². The largest absolute Gasteiger partial charge is 0.480 e. The molecule has 86 valence electrons. The molecule has 0 spiro atoms. The van der Waals surface area contributed by atoms with Crippen LogP contribution in [0.5, 0.6) is 0 Å². The van der Waals surface area contributed by atoms with Crippen molar-refractivity contribution in [3.8, 4) is 0 Å². The summed E-state index contributed by atoms with van der Waals surface area (Å²) < 4.78 is 0.342. The summed E-state index contributed by atoms with van der Waals surface area (Å²) in [5.74, 6) is -0.785. The normalized spacial score (nSPS) is 11.9. The molecule has 16 heavy (non-hydrogen) atoms. The van der Waals surface area contributed by atoms with Crippen LogP contribution in [0.2, 0.25) is 0 Å². The lowest BCUT2D eigenvalue weighted by Crippen LogP contribution is -2.26. The number of aliphatic carboxylic acids is 1. The molecule has 0 radical (unpaired) electrons. The second-order valence-corrected chi connectivity index (χ2v) is 3.84. The van der Waals surface area contributed by atoms with Crippen LogP contribution in [-0.2, 0) is 4.79 Å². The predicted octanol–water partition coefficient (Wildman–Crippen LogP) is 1.64. The number of carboxylic acid groups (broad SMARTS) is 1. The summed E-state index contributed by atoms with van der Waals surface area (Å²) in [7, 11) is 0. The molecule has 1 heterocycles. The second kappa shape index (κ2) is 4.88. The average Bonchev–Trinajstić information content (AvgIpc) is 2.20. The predicted molar refractivity (Wildman–Crippen MR) is 59.3 cm³/mol. The van der Waals surface area contributed by atoms with Crippen molar-refractivity contribution >= 4 is 33.4 Å². The Bertz CT molecular complexity index is 437. The number of halogens is 1. The van der Waals surface area contributed by atoms with Crippen molar-refractivity contribution in [2.75, 3.05) is 5.32 Å². The molecule has 1 rings (SSSR count). The van der Waals surface area contributed by atoms with E-state index in [9.17, 15) is 14.9 Å². The van der Waals surface area contributed by atoms with E-state index >= 15 is 0 Å². The molecule has 0 aromatic carbocycles. The SMILES string of the molecule is C[C@H](Nc1ncc([N+](=O)[O-])cc1Br)C(=O)O. The van der Waals surface area contributed by atoms with Gasteiger partial charge in [0.2, 0.25) is 0 Å². The summed E-state index contributed by atoms with van der Waals surface area (Å²) >= 11 is 3.07. The summed E-state index contributed by atoms with van der Waals surface area (Å²) in [6.07, 6.45) is 1.06. The highest BCUT2D eigenvalue weighted by Crippen LogP contribution is 2.24. The summed E-state index contributed by atoms with van der Waals surface area (Å²) in [6.45, 7) is 1.44. The van der Waals surface area contributed by atoms with Gasteiger partial charge in [-0.15, -0.1) is 0 Å². The third kappa shape index (κ3) is 2.89. The van der Waals surface area contributed by atoms with Gasteiger partial charge in [0, 0.05) is 6.07 Å². The van der Waals surface area contributed by atoms with Crippen LogP contribution < -0.4 is 5.32 Å². The molecule has 1 aromatic rings. The first-order valence-corrected chi connectivity index (χ1v) is 5.00. The first-order chi connectivity index (χ1) is 7.41. The number of nitro groups is 1. The van der Waals surface area contributed by atoms with Gasteiger partial charge in [0.05, 0.1) is 9.40 Å². The molecule has 0 amide bonds. The molecule has 0 saturated heterocycles. The number of nitrogens with one attached hydrogen (secondary N) is 1. The minimum Gasteiger partial charge on any atom is -0.480 e. The first kappa shape index (κ1) is 12.4. The maximum absolute atomic E-state index is 10.6. The van der Waals surface area contributed by atoms with Crippen molar-refractivity contribution in [2.45, 2.75) is 13.0 Å². The fourth-order valence-corrected chi connectivity index (χ4v) is 1.35. The van der Waals surface area contributed by atoms with Gasteiger partial charge in [0.15, 0.2) is 0 Å². The van der Waals surface area contributed by atoms with Gasteiger partial charge in [-0.25, -0.2) is 4.98 Å². The quantitative estimate of drug-likeness (QED) is 0.645. The van der Waals surface area contributed by atoms with Gasteiger partial charge in [-0.1, -0.05) is 0 Å². The van der Waals surface area contributed by atoms with E-state index in [0.29, 0.717) is 4.47 Å². The molecule has 1 atom stereocenters. The van der Waals surface area contributed by atoms with E-state index in [2.05, 4.69) is 26.2 Å². The number of hydrogen-bond acceptors (Lipinski definition) is 5. The minimum atomic E-state index is -1.04. The Labute approximate surface area is 98.8 Å². The number of anilines is 1. The lowest BCUT2D eigenvalue weighted by molar-refractivity contribution is -0.385. The Balaban J connectivity index is 2.91. The molecule has 0 aliphatic heterocycles. The fourth-order valence-electron chi connectivity index (χ4n) is 0.901. The molecular formula is C8H8BrN3O4. The maximum atomic E-state index is 10.6. The van der Waals surface area contributed by atoms with E-state index in [1.54, 1.807) is 0 Å². The Morgan fingerprint density at radius 1 is 1.75 bits per heavy atom. The third-order valence-electron chi connectivity index (χ3n) is 1.76. The fraction of sp³-hybridized carbons (Fsp3) is 0.250. The van der Waals surface area contributed by atoms with Crippen molar-refractivity contribution in [1.82, 2.24) is 4.98 Å². The number of rotatable bonds is 4. The Kier molecular flexibility index (Phi) is 3.78. The molecule has 1 aromatic heterocycles. The first-order valence-electron chi connectivity index (χ1n) is 4.21. The number of carbonyl (C=O) groups is 1. The van der Waals surface area contributed by atoms with Gasteiger partial charge in [-0.3, -0.25) is 14.9 Å². The molecule has 0 unspecified atom stereocenters. The molecule has 0 fully saturated rings. The molecule has 0 saturated carbocycles. The summed E-state index contributed by atoms with van der Waals surface area (Å²) in [4.78, 5) is 24.2. The zero-order chi connectivity index (χ0) is 12.3.